The van der Waals surface area contributed by atoms with Crippen molar-refractivity contribution in [3.63, 3.8) is 0 Å². The number of aliphatic hydroxyl groups is 1. The monoisotopic (exact) mass is 281 g/mol. The van der Waals surface area contributed by atoms with E-state index in [9.17, 15) is 4.79 Å². The molecule has 0 saturated heterocycles. The van der Waals surface area contributed by atoms with Gasteiger partial charge in [0.2, 0.25) is 5.91 Å². The Bertz CT molecular complexity index is 582. The number of hydrogen-bond donors (Lipinski definition) is 1. The first-order chi connectivity index (χ1) is 9.13. The van der Waals surface area contributed by atoms with Crippen LogP contribution in [0.1, 0.15) is 12.6 Å². The number of aliphatic hydroxyl groups excluding tert-OH is 1. The highest BCUT2D eigenvalue weighted by molar-refractivity contribution is 6.30. The van der Waals surface area contributed by atoms with Crippen molar-refractivity contribution in [2.75, 3.05) is 19.7 Å². The lowest BCUT2D eigenvalue weighted by Crippen LogP contribution is -2.34. The topological polar surface area (TPSA) is 57.8 Å². The predicted octanol–water partition coefficient (Wildman–Crippen LogP) is 1.37. The van der Waals surface area contributed by atoms with Gasteiger partial charge in [0, 0.05) is 25.5 Å². The van der Waals surface area contributed by atoms with Gasteiger partial charge in [0.1, 0.15) is 5.65 Å². The van der Waals surface area contributed by atoms with Crippen LogP contribution in [-0.2, 0) is 11.2 Å². The van der Waals surface area contributed by atoms with Crippen LogP contribution in [0.2, 0.25) is 5.02 Å². The van der Waals surface area contributed by atoms with Crippen LogP contribution in [0.3, 0.4) is 0 Å². The normalized spacial score (nSPS) is 10.9. The third-order valence-electron chi connectivity index (χ3n) is 2.90. The van der Waals surface area contributed by atoms with Crippen LogP contribution < -0.4 is 0 Å². The van der Waals surface area contributed by atoms with Crippen molar-refractivity contribution in [1.82, 2.24) is 14.3 Å². The second kappa shape index (κ2) is 6.04. The standard InChI is InChI=1S/C13H16ClN3O2/c1-2-16(5-6-18)13(19)7-11-9-17-8-10(14)3-4-12(17)15-11/h3-4,8-9,18H,2,5-7H2,1H3. The number of carbonyl (C=O) groups excluding carboxylic acids is 1. The quantitative estimate of drug-likeness (QED) is 0.901. The minimum Gasteiger partial charge on any atom is -0.395 e. The molecular weight excluding hydrogens is 266 g/mol. The average molecular weight is 282 g/mol. The minimum atomic E-state index is -0.0361. The molecule has 2 heterocycles. The van der Waals surface area contributed by atoms with Gasteiger partial charge in [0.25, 0.3) is 0 Å². The molecule has 1 N–H and O–H groups in total. The third kappa shape index (κ3) is 3.24. The third-order valence-corrected chi connectivity index (χ3v) is 3.13. The zero-order valence-electron chi connectivity index (χ0n) is 10.7. The van der Waals surface area contributed by atoms with E-state index in [4.69, 9.17) is 16.7 Å². The Labute approximate surface area is 116 Å². The maximum Gasteiger partial charge on any atom is 0.228 e. The zero-order valence-corrected chi connectivity index (χ0v) is 11.5. The molecule has 2 aromatic heterocycles. The van der Waals surface area contributed by atoms with E-state index in [1.54, 1.807) is 27.8 Å². The fourth-order valence-electron chi connectivity index (χ4n) is 1.95. The van der Waals surface area contributed by atoms with E-state index in [0.29, 0.717) is 23.8 Å². The van der Waals surface area contributed by atoms with Crippen molar-refractivity contribution in [2.24, 2.45) is 0 Å². The van der Waals surface area contributed by atoms with Crippen LogP contribution in [0.25, 0.3) is 5.65 Å². The lowest BCUT2D eigenvalue weighted by molar-refractivity contribution is -0.130. The summed E-state index contributed by atoms with van der Waals surface area (Å²) in [5.41, 5.74) is 1.46. The molecule has 2 aromatic rings. The van der Waals surface area contributed by atoms with Gasteiger partial charge < -0.3 is 14.4 Å². The van der Waals surface area contributed by atoms with E-state index in [1.165, 1.54) is 0 Å². The number of nitrogens with zero attached hydrogens (tertiary/aromatic N) is 3. The fourth-order valence-corrected chi connectivity index (χ4v) is 2.12. The summed E-state index contributed by atoms with van der Waals surface area (Å²) in [6.45, 7) is 2.80. The number of pyridine rings is 1. The summed E-state index contributed by atoms with van der Waals surface area (Å²) < 4.78 is 1.80. The Balaban J connectivity index is 2.14. The Kier molecular flexibility index (Phi) is 4.39. The molecule has 0 aliphatic rings. The number of imidazole rings is 1. The van der Waals surface area contributed by atoms with Crippen LogP contribution in [0.4, 0.5) is 0 Å². The van der Waals surface area contributed by atoms with E-state index in [1.807, 2.05) is 13.0 Å². The van der Waals surface area contributed by atoms with Gasteiger partial charge in [0.15, 0.2) is 0 Å². The molecule has 0 atom stereocenters. The van der Waals surface area contributed by atoms with Crippen LogP contribution in [0.5, 0.6) is 0 Å². The summed E-state index contributed by atoms with van der Waals surface area (Å²) in [5, 5.41) is 9.52. The first kappa shape index (κ1) is 13.8. The molecule has 5 nitrogen and oxygen atoms in total. The lowest BCUT2D eigenvalue weighted by atomic mass is 10.3. The maximum absolute atomic E-state index is 12.0. The number of fused-ring (bicyclic) bond motifs is 1. The van der Waals surface area contributed by atoms with Gasteiger partial charge in [-0.15, -0.1) is 0 Å². The van der Waals surface area contributed by atoms with E-state index < -0.39 is 0 Å². The molecule has 0 aromatic carbocycles. The molecular formula is C13H16ClN3O2. The van der Waals surface area contributed by atoms with E-state index in [2.05, 4.69) is 4.98 Å². The summed E-state index contributed by atoms with van der Waals surface area (Å²) in [6.07, 6.45) is 3.78. The molecule has 6 heteroatoms. The largest absolute Gasteiger partial charge is 0.395 e. The molecule has 0 unspecified atom stereocenters. The minimum absolute atomic E-state index is 0.0274. The van der Waals surface area contributed by atoms with Crippen molar-refractivity contribution in [2.45, 2.75) is 13.3 Å². The van der Waals surface area contributed by atoms with Gasteiger partial charge >= 0.3 is 0 Å². The van der Waals surface area contributed by atoms with E-state index in [0.717, 1.165) is 5.65 Å². The zero-order chi connectivity index (χ0) is 13.8. The maximum atomic E-state index is 12.0. The highest BCUT2D eigenvalue weighted by atomic mass is 35.5. The molecule has 0 bridgehead atoms. The smallest absolute Gasteiger partial charge is 0.228 e. The molecule has 0 aliphatic carbocycles. The Morgan fingerprint density at radius 3 is 2.95 bits per heavy atom. The summed E-state index contributed by atoms with van der Waals surface area (Å²) in [5.74, 6) is -0.0361. The summed E-state index contributed by atoms with van der Waals surface area (Å²) in [4.78, 5) is 18.0. The van der Waals surface area contributed by atoms with Crippen molar-refractivity contribution in [1.29, 1.82) is 0 Å². The summed E-state index contributed by atoms with van der Waals surface area (Å²) in [7, 11) is 0. The second-order valence-electron chi connectivity index (χ2n) is 4.22. The highest BCUT2D eigenvalue weighted by Gasteiger charge is 2.13. The molecule has 0 saturated carbocycles. The van der Waals surface area contributed by atoms with E-state index >= 15 is 0 Å². The van der Waals surface area contributed by atoms with Crippen molar-refractivity contribution in [3.8, 4) is 0 Å². The molecule has 102 valence electrons. The van der Waals surface area contributed by atoms with Crippen LogP contribution >= 0.6 is 11.6 Å². The molecule has 0 radical (unpaired) electrons. The molecule has 1 amide bonds. The number of rotatable bonds is 5. The fraction of sp³-hybridized carbons (Fsp3) is 0.385. The number of aromatic nitrogens is 2. The Morgan fingerprint density at radius 1 is 1.47 bits per heavy atom. The first-order valence-electron chi connectivity index (χ1n) is 6.15. The second-order valence-corrected chi connectivity index (χ2v) is 4.66. The molecule has 0 fully saturated rings. The SMILES string of the molecule is CCN(CCO)C(=O)Cc1cn2cc(Cl)ccc2n1. The van der Waals surface area contributed by atoms with Crippen LogP contribution in [0.15, 0.2) is 24.5 Å². The number of amides is 1. The summed E-state index contributed by atoms with van der Waals surface area (Å²) >= 11 is 5.90. The van der Waals surface area contributed by atoms with Gasteiger partial charge in [0.05, 0.1) is 23.7 Å². The van der Waals surface area contributed by atoms with E-state index in [-0.39, 0.29) is 18.9 Å². The Morgan fingerprint density at radius 2 is 2.26 bits per heavy atom. The first-order valence-corrected chi connectivity index (χ1v) is 6.53. The van der Waals surface area contributed by atoms with Crippen molar-refractivity contribution >= 4 is 23.2 Å². The number of likely N-dealkylation sites (N-methyl/N-ethyl adjacent to an activating group) is 1. The molecule has 0 spiro atoms. The van der Waals surface area contributed by atoms with Crippen LogP contribution in [-0.4, -0.2) is 45.0 Å². The number of hydrogen-bond acceptors (Lipinski definition) is 3. The average Bonchev–Trinajstić information content (AvgIpc) is 2.76. The number of carbonyl (C=O) groups is 1. The van der Waals surface area contributed by atoms with Gasteiger partial charge in [-0.2, -0.15) is 0 Å². The molecule has 19 heavy (non-hydrogen) atoms. The van der Waals surface area contributed by atoms with Gasteiger partial charge in [-0.3, -0.25) is 4.79 Å². The summed E-state index contributed by atoms with van der Waals surface area (Å²) in [6, 6.07) is 3.57. The molecule has 2 rings (SSSR count). The number of halogens is 1. The lowest BCUT2D eigenvalue weighted by Gasteiger charge is -2.18. The van der Waals surface area contributed by atoms with Gasteiger partial charge in [-0.25, -0.2) is 4.98 Å². The van der Waals surface area contributed by atoms with Crippen LogP contribution in [0, 0.1) is 0 Å². The van der Waals surface area contributed by atoms with Crippen molar-refractivity contribution in [3.05, 3.63) is 35.2 Å². The predicted molar refractivity (Wildman–Crippen MR) is 73.2 cm³/mol. The highest BCUT2D eigenvalue weighted by Crippen LogP contribution is 2.12. The van der Waals surface area contributed by atoms with Gasteiger partial charge in [-0.05, 0) is 19.1 Å². The molecule has 0 aliphatic heterocycles. The van der Waals surface area contributed by atoms with Gasteiger partial charge in [-0.1, -0.05) is 11.6 Å². The Hall–Kier alpha value is -1.59. The van der Waals surface area contributed by atoms with Crippen molar-refractivity contribution < 1.29 is 9.90 Å².